The van der Waals surface area contributed by atoms with Crippen molar-refractivity contribution < 1.29 is 19.1 Å². The summed E-state index contributed by atoms with van der Waals surface area (Å²) in [7, 11) is 1.56. The SMILES string of the molecule is CCC[C@@]1(C(=O)OC(C)(C)C)C(=O)Nc2ccc(OC)cc21. The average molecular weight is 305 g/mol. The second kappa shape index (κ2) is 5.63. The van der Waals surface area contributed by atoms with Crippen molar-refractivity contribution in [1.29, 1.82) is 0 Å². The Balaban J connectivity index is 2.56. The molecule has 1 amide bonds. The molecule has 0 aromatic heterocycles. The highest BCUT2D eigenvalue weighted by Crippen LogP contribution is 2.44. The van der Waals surface area contributed by atoms with E-state index in [-0.39, 0.29) is 5.91 Å². The molecule has 1 aromatic carbocycles. The quantitative estimate of drug-likeness (QED) is 0.686. The van der Waals surface area contributed by atoms with Crippen LogP contribution in [-0.4, -0.2) is 24.6 Å². The monoisotopic (exact) mass is 305 g/mol. The third kappa shape index (κ3) is 2.67. The lowest BCUT2D eigenvalue weighted by Crippen LogP contribution is -2.46. The number of carbonyl (C=O) groups excluding carboxylic acids is 2. The van der Waals surface area contributed by atoms with E-state index in [1.54, 1.807) is 46.1 Å². The van der Waals surface area contributed by atoms with Gasteiger partial charge in [-0.15, -0.1) is 0 Å². The summed E-state index contributed by atoms with van der Waals surface area (Å²) >= 11 is 0. The topological polar surface area (TPSA) is 64.6 Å². The maximum absolute atomic E-state index is 12.8. The van der Waals surface area contributed by atoms with Crippen molar-refractivity contribution in [1.82, 2.24) is 0 Å². The van der Waals surface area contributed by atoms with E-state index in [9.17, 15) is 9.59 Å². The molecule has 0 saturated heterocycles. The molecular formula is C17H23NO4. The Labute approximate surface area is 131 Å². The second-order valence-corrected chi connectivity index (χ2v) is 6.52. The fourth-order valence-electron chi connectivity index (χ4n) is 2.76. The van der Waals surface area contributed by atoms with E-state index in [0.29, 0.717) is 29.8 Å². The van der Waals surface area contributed by atoms with E-state index in [1.165, 1.54) is 0 Å². The Bertz CT molecular complexity index is 603. The molecule has 1 N–H and O–H groups in total. The first-order chi connectivity index (χ1) is 10.2. The fraction of sp³-hybridized carbons (Fsp3) is 0.529. The summed E-state index contributed by atoms with van der Waals surface area (Å²) in [6.07, 6.45) is 1.08. The lowest BCUT2D eigenvalue weighted by molar-refractivity contribution is -0.164. The molecule has 0 fully saturated rings. The lowest BCUT2D eigenvalue weighted by Gasteiger charge is -2.29. The molecule has 0 radical (unpaired) electrons. The van der Waals surface area contributed by atoms with E-state index >= 15 is 0 Å². The number of hydrogen-bond donors (Lipinski definition) is 1. The van der Waals surface area contributed by atoms with Crippen molar-refractivity contribution in [3.63, 3.8) is 0 Å². The van der Waals surface area contributed by atoms with Gasteiger partial charge in [0.25, 0.3) is 0 Å². The van der Waals surface area contributed by atoms with Crippen LogP contribution in [0.3, 0.4) is 0 Å². The summed E-state index contributed by atoms with van der Waals surface area (Å²) in [6.45, 7) is 7.33. The number of amides is 1. The number of ether oxygens (including phenoxy) is 2. The van der Waals surface area contributed by atoms with Crippen LogP contribution in [0.15, 0.2) is 18.2 Å². The summed E-state index contributed by atoms with van der Waals surface area (Å²) in [5, 5.41) is 2.80. The van der Waals surface area contributed by atoms with Gasteiger partial charge in [0.1, 0.15) is 11.4 Å². The van der Waals surface area contributed by atoms with Crippen molar-refractivity contribution >= 4 is 17.6 Å². The molecule has 22 heavy (non-hydrogen) atoms. The molecule has 0 aliphatic carbocycles. The van der Waals surface area contributed by atoms with Gasteiger partial charge >= 0.3 is 5.97 Å². The Kier molecular flexibility index (Phi) is 4.18. The van der Waals surface area contributed by atoms with Crippen LogP contribution in [0.4, 0.5) is 5.69 Å². The van der Waals surface area contributed by atoms with Crippen LogP contribution >= 0.6 is 0 Å². The highest BCUT2D eigenvalue weighted by atomic mass is 16.6. The van der Waals surface area contributed by atoms with Crippen LogP contribution in [0.25, 0.3) is 0 Å². The third-order valence-corrected chi connectivity index (χ3v) is 3.69. The van der Waals surface area contributed by atoms with E-state index < -0.39 is 17.0 Å². The summed E-state index contributed by atoms with van der Waals surface area (Å²) < 4.78 is 10.8. The Morgan fingerprint density at radius 3 is 2.55 bits per heavy atom. The van der Waals surface area contributed by atoms with Gasteiger partial charge < -0.3 is 14.8 Å². The third-order valence-electron chi connectivity index (χ3n) is 3.69. The molecule has 2 rings (SSSR count). The predicted octanol–water partition coefficient (Wildman–Crippen LogP) is 3.03. The van der Waals surface area contributed by atoms with Gasteiger partial charge in [-0.3, -0.25) is 9.59 Å². The summed E-state index contributed by atoms with van der Waals surface area (Å²) in [5.41, 5.74) is -0.677. The van der Waals surface area contributed by atoms with E-state index in [2.05, 4.69) is 5.32 Å². The molecule has 0 spiro atoms. The van der Waals surface area contributed by atoms with Gasteiger partial charge in [0.05, 0.1) is 7.11 Å². The van der Waals surface area contributed by atoms with Crippen molar-refractivity contribution in [2.24, 2.45) is 0 Å². The zero-order valence-corrected chi connectivity index (χ0v) is 13.8. The van der Waals surface area contributed by atoms with E-state index in [0.717, 1.165) is 0 Å². The number of esters is 1. The highest BCUT2D eigenvalue weighted by Gasteiger charge is 2.54. The standard InChI is InChI=1S/C17H23NO4/c1-6-9-17(15(20)22-16(2,3)4)12-10-11(21-5)7-8-13(12)18-14(17)19/h7-8,10H,6,9H2,1-5H3,(H,18,19)/t17-/m0/s1. The molecule has 1 heterocycles. The number of benzene rings is 1. The Morgan fingerprint density at radius 1 is 1.32 bits per heavy atom. The summed E-state index contributed by atoms with van der Waals surface area (Å²) in [5.74, 6) is -0.225. The number of fused-ring (bicyclic) bond motifs is 1. The minimum absolute atomic E-state index is 0.327. The van der Waals surface area contributed by atoms with Crippen LogP contribution in [0.5, 0.6) is 5.75 Å². The molecule has 1 aliphatic rings. The van der Waals surface area contributed by atoms with Gasteiger partial charge in [0, 0.05) is 11.3 Å². The fourth-order valence-corrected chi connectivity index (χ4v) is 2.76. The minimum Gasteiger partial charge on any atom is -0.497 e. The number of rotatable bonds is 4. The van der Waals surface area contributed by atoms with Crippen molar-refractivity contribution in [3.8, 4) is 5.75 Å². The molecule has 1 aromatic rings. The first-order valence-electron chi connectivity index (χ1n) is 7.48. The van der Waals surface area contributed by atoms with E-state index in [4.69, 9.17) is 9.47 Å². The van der Waals surface area contributed by atoms with Gasteiger partial charge in [-0.2, -0.15) is 0 Å². The largest absolute Gasteiger partial charge is 0.497 e. The summed E-state index contributed by atoms with van der Waals surface area (Å²) in [6, 6.07) is 5.26. The molecular weight excluding hydrogens is 282 g/mol. The van der Waals surface area contributed by atoms with Crippen LogP contribution in [0, 0.1) is 0 Å². The predicted molar refractivity (Wildman–Crippen MR) is 84.1 cm³/mol. The van der Waals surface area contributed by atoms with Gasteiger partial charge in [0.15, 0.2) is 5.41 Å². The Hall–Kier alpha value is -2.04. The van der Waals surface area contributed by atoms with Crippen molar-refractivity contribution in [2.75, 3.05) is 12.4 Å². The van der Waals surface area contributed by atoms with Crippen LogP contribution in [-0.2, 0) is 19.7 Å². The lowest BCUT2D eigenvalue weighted by atomic mass is 9.77. The van der Waals surface area contributed by atoms with Gasteiger partial charge in [-0.25, -0.2) is 0 Å². The molecule has 0 saturated carbocycles. The molecule has 5 heteroatoms. The Morgan fingerprint density at radius 2 is 2.00 bits per heavy atom. The maximum atomic E-state index is 12.8. The van der Waals surface area contributed by atoms with Crippen LogP contribution < -0.4 is 10.1 Å². The normalized spacial score (nSPS) is 20.3. The van der Waals surface area contributed by atoms with E-state index in [1.807, 2.05) is 6.92 Å². The van der Waals surface area contributed by atoms with Crippen molar-refractivity contribution in [3.05, 3.63) is 23.8 Å². The van der Waals surface area contributed by atoms with Crippen molar-refractivity contribution in [2.45, 2.75) is 51.6 Å². The minimum atomic E-state index is -1.30. The molecule has 1 atom stereocenters. The van der Waals surface area contributed by atoms with Gasteiger partial charge in [-0.05, 0) is 45.4 Å². The number of carbonyl (C=O) groups is 2. The highest BCUT2D eigenvalue weighted by molar-refractivity contribution is 6.19. The van der Waals surface area contributed by atoms with Gasteiger partial charge in [-0.1, -0.05) is 13.3 Å². The smallest absolute Gasteiger partial charge is 0.326 e. The van der Waals surface area contributed by atoms with Gasteiger partial charge in [0.2, 0.25) is 5.91 Å². The number of methoxy groups -OCH3 is 1. The summed E-state index contributed by atoms with van der Waals surface area (Å²) in [4.78, 5) is 25.4. The maximum Gasteiger partial charge on any atom is 0.326 e. The molecule has 1 aliphatic heterocycles. The molecule has 0 unspecified atom stereocenters. The second-order valence-electron chi connectivity index (χ2n) is 6.52. The van der Waals surface area contributed by atoms with Crippen LogP contribution in [0.1, 0.15) is 46.1 Å². The zero-order chi connectivity index (χ0) is 16.5. The average Bonchev–Trinajstić information content (AvgIpc) is 2.70. The van der Waals surface area contributed by atoms with Crippen LogP contribution in [0.2, 0.25) is 0 Å². The number of nitrogens with one attached hydrogen (secondary N) is 1. The number of hydrogen-bond acceptors (Lipinski definition) is 4. The molecule has 0 bridgehead atoms. The first-order valence-corrected chi connectivity index (χ1v) is 7.48. The molecule has 5 nitrogen and oxygen atoms in total. The number of anilines is 1. The molecule has 120 valence electrons. The zero-order valence-electron chi connectivity index (χ0n) is 13.8. The first kappa shape index (κ1) is 16.3.